The van der Waals surface area contributed by atoms with E-state index in [2.05, 4.69) is 5.32 Å². The van der Waals surface area contributed by atoms with E-state index in [1.54, 1.807) is 12.1 Å². The number of nitrogens with one attached hydrogen (secondary N) is 1. The maximum Gasteiger partial charge on any atom is 0.254 e. The summed E-state index contributed by atoms with van der Waals surface area (Å²) in [5, 5.41) is 2.88. The Hall–Kier alpha value is -1.09. The van der Waals surface area contributed by atoms with Crippen molar-refractivity contribution >= 4 is 17.5 Å². The molecule has 19 heavy (non-hydrogen) atoms. The van der Waals surface area contributed by atoms with Crippen LogP contribution >= 0.6 is 11.6 Å². The minimum Gasteiger partial charge on any atom is -0.349 e. The monoisotopic (exact) mass is 285 g/mol. The first-order chi connectivity index (χ1) is 8.75. The van der Waals surface area contributed by atoms with Crippen LogP contribution in [0.15, 0.2) is 18.2 Å². The van der Waals surface area contributed by atoms with E-state index < -0.39 is 5.82 Å². The topological polar surface area (TPSA) is 29.1 Å². The molecule has 2 nitrogen and oxygen atoms in total. The van der Waals surface area contributed by atoms with Crippen molar-refractivity contribution in [2.24, 2.45) is 5.41 Å². The lowest BCUT2D eigenvalue weighted by Gasteiger charge is -2.31. The largest absolute Gasteiger partial charge is 0.349 e. The lowest BCUT2D eigenvalue weighted by molar-refractivity contribution is 0.0896. The Bertz CT molecular complexity index is 454. The van der Waals surface area contributed by atoms with Gasteiger partial charge < -0.3 is 5.32 Å². The Balaban J connectivity index is 2.91. The third-order valence-electron chi connectivity index (χ3n) is 3.11. The van der Waals surface area contributed by atoms with Crippen LogP contribution in [0.4, 0.5) is 4.39 Å². The lowest BCUT2D eigenvalue weighted by Crippen LogP contribution is -2.44. The molecule has 0 aliphatic heterocycles. The molecule has 1 unspecified atom stereocenters. The number of halogens is 2. The summed E-state index contributed by atoms with van der Waals surface area (Å²) in [6.45, 7) is 7.90. The molecule has 106 valence electrons. The predicted octanol–water partition coefficient (Wildman–Crippen LogP) is 3.91. The summed E-state index contributed by atoms with van der Waals surface area (Å²) in [7, 11) is 0. The highest BCUT2D eigenvalue weighted by atomic mass is 35.5. The van der Waals surface area contributed by atoms with Crippen LogP contribution in [0.1, 0.15) is 43.1 Å². The molecule has 0 spiro atoms. The van der Waals surface area contributed by atoms with Gasteiger partial charge in [-0.2, -0.15) is 0 Å². The van der Waals surface area contributed by atoms with Gasteiger partial charge in [0, 0.05) is 11.9 Å². The summed E-state index contributed by atoms with van der Waals surface area (Å²) in [6.07, 6.45) is 0.657. The summed E-state index contributed by atoms with van der Waals surface area (Å²) >= 11 is 5.76. The van der Waals surface area contributed by atoms with Gasteiger partial charge in [0.05, 0.1) is 5.56 Å². The number of alkyl halides is 1. The average Bonchev–Trinajstić information content (AvgIpc) is 2.30. The normalized spacial score (nSPS) is 13.2. The van der Waals surface area contributed by atoms with Crippen LogP contribution < -0.4 is 5.32 Å². The van der Waals surface area contributed by atoms with Gasteiger partial charge in [-0.1, -0.05) is 32.4 Å². The van der Waals surface area contributed by atoms with Crippen molar-refractivity contribution < 1.29 is 9.18 Å². The van der Waals surface area contributed by atoms with Crippen LogP contribution in [-0.2, 0) is 0 Å². The Morgan fingerprint density at radius 3 is 2.58 bits per heavy atom. The molecule has 0 fully saturated rings. The van der Waals surface area contributed by atoms with E-state index in [0.29, 0.717) is 12.3 Å². The van der Waals surface area contributed by atoms with Gasteiger partial charge in [0.1, 0.15) is 5.82 Å². The van der Waals surface area contributed by atoms with Crippen LogP contribution in [-0.4, -0.2) is 17.8 Å². The molecule has 1 amide bonds. The van der Waals surface area contributed by atoms with Crippen molar-refractivity contribution in [2.45, 2.75) is 40.2 Å². The van der Waals surface area contributed by atoms with E-state index in [-0.39, 0.29) is 22.9 Å². The third kappa shape index (κ3) is 4.50. The minimum atomic E-state index is -0.498. The van der Waals surface area contributed by atoms with Gasteiger partial charge in [0.15, 0.2) is 0 Å². The number of amides is 1. The Labute approximate surface area is 119 Å². The molecular formula is C15H21ClFNO. The summed E-state index contributed by atoms with van der Waals surface area (Å²) in [6, 6.07) is 4.44. The number of rotatable bonds is 4. The number of hydrogen-bond donors (Lipinski definition) is 1. The van der Waals surface area contributed by atoms with Crippen molar-refractivity contribution in [1.29, 1.82) is 0 Å². The first-order valence-electron chi connectivity index (χ1n) is 6.38. The van der Waals surface area contributed by atoms with Gasteiger partial charge in [-0.25, -0.2) is 4.39 Å². The molecule has 0 saturated carbocycles. The van der Waals surface area contributed by atoms with Crippen molar-refractivity contribution in [3.63, 3.8) is 0 Å². The minimum absolute atomic E-state index is 0.0857. The molecule has 1 rings (SSSR count). The van der Waals surface area contributed by atoms with Crippen molar-refractivity contribution in [2.75, 3.05) is 5.88 Å². The fourth-order valence-corrected chi connectivity index (χ4v) is 2.10. The molecule has 0 radical (unpaired) electrons. The highest BCUT2D eigenvalue weighted by Gasteiger charge is 2.26. The van der Waals surface area contributed by atoms with Crippen LogP contribution in [0.5, 0.6) is 0 Å². The molecule has 0 saturated heterocycles. The molecule has 4 heteroatoms. The number of benzene rings is 1. The standard InChI is InChI=1S/C15H21ClFNO/c1-10-5-6-12(17)11(9-10)14(19)18-13(7-8-16)15(2,3)4/h5-6,9,13H,7-8H2,1-4H3,(H,18,19). The number of aryl methyl sites for hydroxylation is 1. The third-order valence-corrected chi connectivity index (χ3v) is 3.33. The second-order valence-electron chi connectivity index (χ2n) is 5.85. The quantitative estimate of drug-likeness (QED) is 0.835. The summed E-state index contributed by atoms with van der Waals surface area (Å²) < 4.78 is 13.7. The van der Waals surface area contributed by atoms with Crippen molar-refractivity contribution in [3.8, 4) is 0 Å². The molecule has 0 heterocycles. The molecule has 1 N–H and O–H groups in total. The maximum atomic E-state index is 13.7. The molecule has 0 aromatic heterocycles. The smallest absolute Gasteiger partial charge is 0.254 e. The van der Waals surface area contributed by atoms with Gasteiger partial charge in [-0.15, -0.1) is 11.6 Å². The fraction of sp³-hybridized carbons (Fsp3) is 0.533. The lowest BCUT2D eigenvalue weighted by atomic mass is 9.85. The van der Waals surface area contributed by atoms with Crippen molar-refractivity contribution in [1.82, 2.24) is 5.32 Å². The molecule has 0 aliphatic rings. The van der Waals surface area contributed by atoms with E-state index in [0.717, 1.165) is 5.56 Å². The molecule has 1 aromatic rings. The highest BCUT2D eigenvalue weighted by molar-refractivity contribution is 6.17. The first kappa shape index (κ1) is 16.0. The number of hydrogen-bond acceptors (Lipinski definition) is 1. The van der Waals surface area contributed by atoms with Crippen LogP contribution in [0.2, 0.25) is 0 Å². The zero-order valence-corrected chi connectivity index (χ0v) is 12.6. The van der Waals surface area contributed by atoms with E-state index in [4.69, 9.17) is 11.6 Å². The highest BCUT2D eigenvalue weighted by Crippen LogP contribution is 2.23. The molecule has 1 aromatic carbocycles. The second kappa shape index (κ2) is 6.38. The zero-order chi connectivity index (χ0) is 14.6. The van der Waals surface area contributed by atoms with Crippen LogP contribution in [0, 0.1) is 18.2 Å². The number of carbonyl (C=O) groups is 1. The van der Waals surface area contributed by atoms with E-state index in [9.17, 15) is 9.18 Å². The molecule has 1 atom stereocenters. The SMILES string of the molecule is Cc1ccc(F)c(C(=O)NC(CCCl)C(C)(C)C)c1. The van der Waals surface area contributed by atoms with Gasteiger partial charge >= 0.3 is 0 Å². The molecule has 0 aliphatic carbocycles. The average molecular weight is 286 g/mol. The van der Waals surface area contributed by atoms with Crippen LogP contribution in [0.3, 0.4) is 0 Å². The van der Waals surface area contributed by atoms with Gasteiger partial charge in [0.25, 0.3) is 5.91 Å². The van der Waals surface area contributed by atoms with Gasteiger partial charge in [-0.05, 0) is 30.9 Å². The van der Waals surface area contributed by atoms with E-state index >= 15 is 0 Å². The van der Waals surface area contributed by atoms with Crippen molar-refractivity contribution in [3.05, 3.63) is 35.1 Å². The Kier molecular flexibility index (Phi) is 5.36. The van der Waals surface area contributed by atoms with Gasteiger partial charge in [0.2, 0.25) is 0 Å². The number of carbonyl (C=O) groups excluding carboxylic acids is 1. The van der Waals surface area contributed by atoms with E-state index in [1.807, 2.05) is 27.7 Å². The zero-order valence-electron chi connectivity index (χ0n) is 11.9. The second-order valence-corrected chi connectivity index (χ2v) is 6.23. The van der Waals surface area contributed by atoms with E-state index in [1.165, 1.54) is 6.07 Å². The predicted molar refractivity (Wildman–Crippen MR) is 77.2 cm³/mol. The summed E-state index contributed by atoms with van der Waals surface area (Å²) in [4.78, 5) is 12.2. The Morgan fingerprint density at radius 1 is 1.42 bits per heavy atom. The Morgan fingerprint density at radius 2 is 2.05 bits per heavy atom. The molecular weight excluding hydrogens is 265 g/mol. The van der Waals surface area contributed by atoms with Gasteiger partial charge in [-0.3, -0.25) is 4.79 Å². The first-order valence-corrected chi connectivity index (χ1v) is 6.92. The summed E-state index contributed by atoms with van der Waals surface area (Å²) in [5.41, 5.74) is 0.824. The summed E-state index contributed by atoms with van der Waals surface area (Å²) in [5.74, 6) is -0.425. The molecule has 0 bridgehead atoms. The van der Waals surface area contributed by atoms with Crippen LogP contribution in [0.25, 0.3) is 0 Å². The fourth-order valence-electron chi connectivity index (χ4n) is 1.88. The maximum absolute atomic E-state index is 13.7.